The summed E-state index contributed by atoms with van der Waals surface area (Å²) in [5.41, 5.74) is 1.92. The number of carbonyl (C=O) groups is 1. The van der Waals surface area contributed by atoms with Crippen LogP contribution in [0.25, 0.3) is 0 Å². The molecule has 0 bridgehead atoms. The molecule has 0 aliphatic carbocycles. The minimum atomic E-state index is 0.0418. The van der Waals surface area contributed by atoms with Crippen LogP contribution in [0.15, 0.2) is 60.7 Å². The molecule has 2 atom stereocenters. The molecule has 0 saturated carbocycles. The van der Waals surface area contributed by atoms with Gasteiger partial charge in [0.2, 0.25) is 0 Å². The van der Waals surface area contributed by atoms with Crippen molar-refractivity contribution in [1.82, 2.24) is 0 Å². The molecule has 0 amide bonds. The fourth-order valence-corrected chi connectivity index (χ4v) is 2.16. The van der Waals surface area contributed by atoms with Gasteiger partial charge in [0, 0.05) is 12.0 Å². The van der Waals surface area contributed by atoms with Crippen LogP contribution in [0.4, 0.5) is 0 Å². The van der Waals surface area contributed by atoms with Crippen molar-refractivity contribution < 1.29 is 9.53 Å². The van der Waals surface area contributed by atoms with Crippen molar-refractivity contribution in [3.05, 3.63) is 71.8 Å². The van der Waals surface area contributed by atoms with Crippen molar-refractivity contribution in [2.45, 2.75) is 18.6 Å². The Bertz CT molecular complexity index is 534. The topological polar surface area (TPSA) is 29.6 Å². The highest BCUT2D eigenvalue weighted by Gasteiger charge is 2.41. The third-order valence-corrected chi connectivity index (χ3v) is 3.19. The van der Waals surface area contributed by atoms with Gasteiger partial charge in [0.15, 0.2) is 5.78 Å². The molecule has 0 aromatic heterocycles. The Morgan fingerprint density at radius 3 is 2.22 bits per heavy atom. The molecule has 0 spiro atoms. The van der Waals surface area contributed by atoms with Crippen molar-refractivity contribution in [1.29, 1.82) is 0 Å². The zero-order valence-corrected chi connectivity index (χ0v) is 9.95. The first kappa shape index (κ1) is 11.2. The molecule has 3 rings (SSSR count). The number of benzene rings is 2. The summed E-state index contributed by atoms with van der Waals surface area (Å²) in [6, 6.07) is 19.4. The molecule has 0 unspecified atom stereocenters. The van der Waals surface area contributed by atoms with Gasteiger partial charge in [-0.25, -0.2) is 0 Å². The molecule has 1 aliphatic heterocycles. The maximum atomic E-state index is 12.0. The maximum Gasteiger partial charge on any atom is 0.165 e. The molecule has 18 heavy (non-hydrogen) atoms. The minimum Gasteiger partial charge on any atom is -0.364 e. The molecule has 0 N–H and O–H groups in total. The lowest BCUT2D eigenvalue weighted by atomic mass is 10.0. The van der Waals surface area contributed by atoms with Crippen molar-refractivity contribution in [2.24, 2.45) is 0 Å². The smallest absolute Gasteiger partial charge is 0.165 e. The van der Waals surface area contributed by atoms with Crippen LogP contribution in [-0.4, -0.2) is 11.9 Å². The van der Waals surface area contributed by atoms with Crippen molar-refractivity contribution >= 4 is 5.78 Å². The minimum absolute atomic E-state index is 0.0418. The molecule has 1 fully saturated rings. The zero-order valence-electron chi connectivity index (χ0n) is 9.95. The number of ketones is 1. The van der Waals surface area contributed by atoms with Gasteiger partial charge >= 0.3 is 0 Å². The Morgan fingerprint density at radius 2 is 1.56 bits per heavy atom. The van der Waals surface area contributed by atoms with Crippen LogP contribution in [0.3, 0.4) is 0 Å². The predicted molar refractivity (Wildman–Crippen MR) is 69.4 cm³/mol. The van der Waals surface area contributed by atoms with Crippen LogP contribution >= 0.6 is 0 Å². The van der Waals surface area contributed by atoms with Crippen molar-refractivity contribution in [2.75, 3.05) is 0 Å². The standard InChI is InChI=1S/C16H14O2/c17-14(12-7-3-1-4-8-12)11-15-16(18-15)13-9-5-2-6-10-13/h1-10,15-16H,11H2/t15-,16+/m0/s1. The fourth-order valence-electron chi connectivity index (χ4n) is 2.16. The van der Waals surface area contributed by atoms with Crippen molar-refractivity contribution in [3.63, 3.8) is 0 Å². The molecule has 2 aromatic rings. The van der Waals surface area contributed by atoms with Gasteiger partial charge in [-0.3, -0.25) is 4.79 Å². The number of ether oxygens (including phenoxy) is 1. The fraction of sp³-hybridized carbons (Fsp3) is 0.188. The van der Waals surface area contributed by atoms with Gasteiger partial charge in [-0.1, -0.05) is 60.7 Å². The summed E-state index contributed by atoms with van der Waals surface area (Å²) in [7, 11) is 0. The van der Waals surface area contributed by atoms with Gasteiger partial charge in [0.05, 0.1) is 6.10 Å². The lowest BCUT2D eigenvalue weighted by Crippen LogP contribution is -2.03. The summed E-state index contributed by atoms with van der Waals surface area (Å²) in [5, 5.41) is 0. The summed E-state index contributed by atoms with van der Waals surface area (Å²) in [4.78, 5) is 12.0. The van der Waals surface area contributed by atoms with E-state index in [1.165, 1.54) is 0 Å². The van der Waals surface area contributed by atoms with E-state index in [-0.39, 0.29) is 18.0 Å². The highest BCUT2D eigenvalue weighted by atomic mass is 16.6. The zero-order chi connectivity index (χ0) is 12.4. The van der Waals surface area contributed by atoms with Gasteiger partial charge in [-0.05, 0) is 5.56 Å². The third-order valence-electron chi connectivity index (χ3n) is 3.19. The normalized spacial score (nSPS) is 21.6. The summed E-state index contributed by atoms with van der Waals surface area (Å²) in [6.07, 6.45) is 0.600. The quantitative estimate of drug-likeness (QED) is 0.603. The number of carbonyl (C=O) groups excluding carboxylic acids is 1. The second kappa shape index (κ2) is 4.75. The second-order valence-corrected chi connectivity index (χ2v) is 4.50. The van der Waals surface area contributed by atoms with E-state index in [2.05, 4.69) is 0 Å². The molecule has 0 radical (unpaired) electrons. The van der Waals surface area contributed by atoms with Gasteiger partial charge in [-0.2, -0.15) is 0 Å². The van der Waals surface area contributed by atoms with E-state index < -0.39 is 0 Å². The van der Waals surface area contributed by atoms with Gasteiger partial charge in [0.25, 0.3) is 0 Å². The number of hydrogen-bond donors (Lipinski definition) is 0. The summed E-state index contributed by atoms with van der Waals surface area (Å²) < 4.78 is 5.57. The molecular weight excluding hydrogens is 224 g/mol. The third kappa shape index (κ3) is 2.34. The Labute approximate surface area is 106 Å². The Hall–Kier alpha value is -1.93. The summed E-state index contributed by atoms with van der Waals surface area (Å²) in [5.74, 6) is 0.152. The lowest BCUT2D eigenvalue weighted by molar-refractivity contribution is 0.0972. The molecule has 2 aromatic carbocycles. The average Bonchev–Trinajstić information content (AvgIpc) is 3.20. The first-order valence-corrected chi connectivity index (χ1v) is 6.13. The van der Waals surface area contributed by atoms with E-state index in [0.717, 1.165) is 11.1 Å². The highest BCUT2D eigenvalue weighted by Crippen LogP contribution is 2.41. The van der Waals surface area contributed by atoms with Gasteiger partial charge < -0.3 is 4.74 Å². The number of Topliss-reactive ketones (excluding diaryl/α,β-unsaturated/α-hetero) is 1. The Kier molecular flexibility index (Phi) is 2.95. The van der Waals surface area contributed by atoms with E-state index in [9.17, 15) is 4.79 Å². The molecule has 2 heteroatoms. The van der Waals surface area contributed by atoms with Crippen LogP contribution in [0.2, 0.25) is 0 Å². The van der Waals surface area contributed by atoms with Crippen LogP contribution in [0.5, 0.6) is 0 Å². The first-order chi connectivity index (χ1) is 8.84. The van der Waals surface area contributed by atoms with Crippen LogP contribution < -0.4 is 0 Å². The molecular formula is C16H14O2. The molecule has 1 heterocycles. The van der Waals surface area contributed by atoms with E-state index in [1.54, 1.807) is 0 Å². The van der Waals surface area contributed by atoms with E-state index in [4.69, 9.17) is 4.74 Å². The Balaban J connectivity index is 1.62. The van der Waals surface area contributed by atoms with E-state index in [1.807, 2.05) is 60.7 Å². The lowest BCUT2D eigenvalue weighted by Gasteiger charge is -1.98. The first-order valence-electron chi connectivity index (χ1n) is 6.13. The largest absolute Gasteiger partial charge is 0.364 e. The monoisotopic (exact) mass is 238 g/mol. The Morgan fingerprint density at radius 1 is 0.944 bits per heavy atom. The number of rotatable bonds is 4. The SMILES string of the molecule is O=C(C[C@@H]1O[C@@H]1c1ccccc1)c1ccccc1. The van der Waals surface area contributed by atoms with Crippen LogP contribution in [0.1, 0.15) is 28.4 Å². The number of epoxide rings is 1. The maximum absolute atomic E-state index is 12.0. The average molecular weight is 238 g/mol. The van der Waals surface area contributed by atoms with E-state index in [0.29, 0.717) is 6.42 Å². The summed E-state index contributed by atoms with van der Waals surface area (Å²) >= 11 is 0. The van der Waals surface area contributed by atoms with Gasteiger partial charge in [-0.15, -0.1) is 0 Å². The van der Waals surface area contributed by atoms with Crippen LogP contribution in [0, 0.1) is 0 Å². The van der Waals surface area contributed by atoms with Gasteiger partial charge in [0.1, 0.15) is 6.10 Å². The molecule has 1 aliphatic rings. The highest BCUT2D eigenvalue weighted by molar-refractivity contribution is 5.96. The number of hydrogen-bond acceptors (Lipinski definition) is 2. The van der Waals surface area contributed by atoms with Crippen molar-refractivity contribution in [3.8, 4) is 0 Å². The summed E-state index contributed by atoms with van der Waals surface area (Å²) in [6.45, 7) is 0. The molecule has 90 valence electrons. The molecule has 2 nitrogen and oxygen atoms in total. The van der Waals surface area contributed by atoms with E-state index >= 15 is 0 Å². The predicted octanol–water partition coefficient (Wildman–Crippen LogP) is 3.40. The van der Waals surface area contributed by atoms with Crippen LogP contribution in [-0.2, 0) is 4.74 Å². The second-order valence-electron chi connectivity index (χ2n) is 4.50. The molecule has 1 saturated heterocycles.